The average Bonchev–Trinajstić information content (AvgIpc) is 2.76. The van der Waals surface area contributed by atoms with E-state index in [1.54, 1.807) is 26.4 Å². The molecule has 7 nitrogen and oxygen atoms in total. The summed E-state index contributed by atoms with van der Waals surface area (Å²) in [5.41, 5.74) is 2.46. The van der Waals surface area contributed by atoms with Crippen LogP contribution in [0.3, 0.4) is 0 Å². The number of methoxy groups -OCH3 is 4. The summed E-state index contributed by atoms with van der Waals surface area (Å²) in [7, 11) is 6.11. The predicted octanol–water partition coefficient (Wildman–Crippen LogP) is 3.56. The molecular weight excluding hydrogens is 372 g/mol. The molecule has 0 saturated carbocycles. The second-order valence-corrected chi connectivity index (χ2v) is 5.73. The van der Waals surface area contributed by atoms with Crippen molar-refractivity contribution in [1.29, 1.82) is 0 Å². The van der Waals surface area contributed by atoms with Crippen molar-refractivity contribution in [2.24, 2.45) is 0 Å². The van der Waals surface area contributed by atoms with Gasteiger partial charge in [0, 0.05) is 6.07 Å². The molecule has 29 heavy (non-hydrogen) atoms. The number of amides is 1. The van der Waals surface area contributed by atoms with Gasteiger partial charge in [-0.05, 0) is 23.8 Å². The van der Waals surface area contributed by atoms with E-state index in [1.165, 1.54) is 14.2 Å². The molecule has 0 aromatic heterocycles. The quantitative estimate of drug-likeness (QED) is 0.499. The number of nitrogens with one attached hydrogen (secondary N) is 2. The van der Waals surface area contributed by atoms with Gasteiger partial charge in [0.2, 0.25) is 5.91 Å². The van der Waals surface area contributed by atoms with E-state index in [-0.39, 0.29) is 0 Å². The first-order chi connectivity index (χ1) is 14.0. The minimum Gasteiger partial charge on any atom is -0.496 e. The van der Waals surface area contributed by atoms with E-state index in [2.05, 4.69) is 23.1 Å². The average molecular weight is 396 g/mol. The van der Waals surface area contributed by atoms with Crippen LogP contribution in [0.25, 0.3) is 11.1 Å². The lowest BCUT2D eigenvalue weighted by atomic mass is 10.00. The Morgan fingerprint density at radius 2 is 1.76 bits per heavy atom. The highest BCUT2D eigenvalue weighted by Gasteiger charge is 2.23. The van der Waals surface area contributed by atoms with Crippen molar-refractivity contribution in [2.75, 3.05) is 45.6 Å². The van der Waals surface area contributed by atoms with Crippen LogP contribution in [0, 0.1) is 12.3 Å². The van der Waals surface area contributed by atoms with E-state index in [4.69, 9.17) is 25.4 Å². The van der Waals surface area contributed by atoms with Crippen LogP contribution in [0.2, 0.25) is 0 Å². The first kappa shape index (κ1) is 21.5. The molecule has 2 aromatic carbocycles. The van der Waals surface area contributed by atoms with Gasteiger partial charge >= 0.3 is 0 Å². The summed E-state index contributed by atoms with van der Waals surface area (Å²) >= 11 is 0. The zero-order valence-corrected chi connectivity index (χ0v) is 16.9. The maximum Gasteiger partial charge on any atom is 0.247 e. The summed E-state index contributed by atoms with van der Waals surface area (Å²) in [6.07, 6.45) is 6.53. The molecule has 152 valence electrons. The Morgan fingerprint density at radius 3 is 2.31 bits per heavy atom. The van der Waals surface area contributed by atoms with Crippen molar-refractivity contribution in [3.63, 3.8) is 0 Å². The molecule has 0 radical (unpaired) electrons. The van der Waals surface area contributed by atoms with Gasteiger partial charge in [0.1, 0.15) is 22.9 Å². The highest BCUT2D eigenvalue weighted by atomic mass is 16.5. The third kappa shape index (κ3) is 4.55. The largest absolute Gasteiger partial charge is 0.496 e. The van der Waals surface area contributed by atoms with Crippen LogP contribution in [-0.2, 0) is 4.79 Å². The van der Waals surface area contributed by atoms with Gasteiger partial charge < -0.3 is 29.6 Å². The van der Waals surface area contributed by atoms with Crippen LogP contribution in [0.5, 0.6) is 23.0 Å². The molecule has 0 spiro atoms. The zero-order chi connectivity index (χ0) is 21.4. The molecule has 0 aliphatic rings. The highest BCUT2D eigenvalue weighted by Crippen LogP contribution is 2.49. The normalized spacial score (nSPS) is 9.76. The standard InChI is InChI=1S/C22H24N2O5/c1-7-11-23-15-12-14(9-10-16(15)26-3)20-17(27-4)13-18(28-5)21(22(20)29-6)24-19(25)8-2/h1,8-10,12-13,23H,2,11H2,3-6H3,(H,24,25). The molecule has 2 aromatic rings. The van der Waals surface area contributed by atoms with Crippen molar-refractivity contribution < 1.29 is 23.7 Å². The van der Waals surface area contributed by atoms with E-state index in [9.17, 15) is 4.79 Å². The van der Waals surface area contributed by atoms with Crippen LogP contribution in [0.1, 0.15) is 0 Å². The lowest BCUT2D eigenvalue weighted by molar-refractivity contribution is -0.111. The predicted molar refractivity (Wildman–Crippen MR) is 114 cm³/mol. The van der Waals surface area contributed by atoms with Crippen molar-refractivity contribution in [3.8, 4) is 46.5 Å². The molecule has 1 amide bonds. The lowest BCUT2D eigenvalue weighted by Gasteiger charge is -2.21. The monoisotopic (exact) mass is 396 g/mol. The fraction of sp³-hybridized carbons (Fsp3) is 0.227. The van der Waals surface area contributed by atoms with Gasteiger partial charge in [0.15, 0.2) is 5.75 Å². The molecule has 0 aliphatic carbocycles. The van der Waals surface area contributed by atoms with Gasteiger partial charge in [-0.25, -0.2) is 0 Å². The smallest absolute Gasteiger partial charge is 0.247 e. The van der Waals surface area contributed by atoms with Crippen LogP contribution in [0.15, 0.2) is 36.9 Å². The van der Waals surface area contributed by atoms with Crippen molar-refractivity contribution in [2.45, 2.75) is 0 Å². The third-order valence-electron chi connectivity index (χ3n) is 4.16. The summed E-state index contributed by atoms with van der Waals surface area (Å²) in [6.45, 7) is 3.82. The van der Waals surface area contributed by atoms with Crippen LogP contribution in [0.4, 0.5) is 11.4 Å². The minimum atomic E-state index is -0.399. The Kier molecular flexibility index (Phi) is 7.38. The number of rotatable bonds is 9. The molecule has 0 unspecified atom stereocenters. The molecule has 0 bridgehead atoms. The van der Waals surface area contributed by atoms with E-state index in [0.29, 0.717) is 46.5 Å². The molecule has 2 N–H and O–H groups in total. The van der Waals surface area contributed by atoms with E-state index < -0.39 is 5.91 Å². The number of benzene rings is 2. The molecule has 7 heteroatoms. The number of hydrogen-bond acceptors (Lipinski definition) is 6. The van der Waals surface area contributed by atoms with Gasteiger partial charge in [0.25, 0.3) is 0 Å². The number of hydrogen-bond donors (Lipinski definition) is 2. The summed E-state index contributed by atoms with van der Waals surface area (Å²) in [4.78, 5) is 12.0. The number of anilines is 2. The topological polar surface area (TPSA) is 78.0 Å². The second-order valence-electron chi connectivity index (χ2n) is 5.73. The number of carbonyl (C=O) groups is 1. The number of carbonyl (C=O) groups excluding carboxylic acids is 1. The number of ether oxygens (including phenoxy) is 4. The summed E-state index contributed by atoms with van der Waals surface area (Å²) in [6, 6.07) is 7.20. The summed E-state index contributed by atoms with van der Waals surface area (Å²) < 4.78 is 22.0. The molecular formula is C22H24N2O5. The highest BCUT2D eigenvalue weighted by molar-refractivity contribution is 6.03. The first-order valence-corrected chi connectivity index (χ1v) is 8.66. The van der Waals surface area contributed by atoms with Crippen LogP contribution >= 0.6 is 0 Å². The maximum atomic E-state index is 12.0. The SMILES string of the molecule is C#CCNc1cc(-c2c(OC)cc(OC)c(NC(=O)C=C)c2OC)ccc1OC. The van der Waals surface area contributed by atoms with Crippen molar-refractivity contribution in [3.05, 3.63) is 36.9 Å². The van der Waals surface area contributed by atoms with E-state index in [0.717, 1.165) is 11.6 Å². The van der Waals surface area contributed by atoms with Gasteiger partial charge in [-0.2, -0.15) is 0 Å². The summed E-state index contributed by atoms with van der Waals surface area (Å²) in [5.74, 6) is 4.04. The Morgan fingerprint density at radius 1 is 1.07 bits per heavy atom. The first-order valence-electron chi connectivity index (χ1n) is 8.66. The Hall–Kier alpha value is -3.79. The lowest BCUT2D eigenvalue weighted by Crippen LogP contribution is -2.11. The Bertz CT molecular complexity index is 947. The van der Waals surface area contributed by atoms with Gasteiger partial charge in [-0.1, -0.05) is 18.6 Å². The second kappa shape index (κ2) is 9.95. The van der Waals surface area contributed by atoms with Gasteiger partial charge in [0.05, 0.1) is 46.2 Å². The van der Waals surface area contributed by atoms with Crippen molar-refractivity contribution in [1.82, 2.24) is 0 Å². The molecule has 0 fully saturated rings. The molecule has 0 atom stereocenters. The van der Waals surface area contributed by atoms with Gasteiger partial charge in [-0.3, -0.25) is 4.79 Å². The van der Waals surface area contributed by atoms with E-state index >= 15 is 0 Å². The van der Waals surface area contributed by atoms with Crippen LogP contribution in [-0.4, -0.2) is 40.9 Å². The summed E-state index contributed by atoms with van der Waals surface area (Å²) in [5, 5.41) is 5.86. The zero-order valence-electron chi connectivity index (χ0n) is 16.9. The fourth-order valence-corrected chi connectivity index (χ4v) is 2.85. The number of terminal acetylenes is 1. The molecule has 0 heterocycles. The van der Waals surface area contributed by atoms with Crippen molar-refractivity contribution >= 4 is 17.3 Å². The molecule has 0 saturated heterocycles. The fourth-order valence-electron chi connectivity index (χ4n) is 2.85. The third-order valence-corrected chi connectivity index (χ3v) is 4.16. The molecule has 2 rings (SSSR count). The van der Waals surface area contributed by atoms with Gasteiger partial charge in [-0.15, -0.1) is 6.42 Å². The van der Waals surface area contributed by atoms with E-state index in [1.807, 2.05) is 12.1 Å². The maximum absolute atomic E-state index is 12.0. The Labute approximate surface area is 170 Å². The minimum absolute atomic E-state index is 0.331. The Balaban J connectivity index is 2.76. The molecule has 0 aliphatic heterocycles. The van der Waals surface area contributed by atoms with Crippen LogP contribution < -0.4 is 29.6 Å².